The summed E-state index contributed by atoms with van der Waals surface area (Å²) in [5.41, 5.74) is 1.91. The van der Waals surface area contributed by atoms with E-state index in [-0.39, 0.29) is 17.9 Å². The first-order valence-corrected chi connectivity index (χ1v) is 12.4. The maximum Gasteiger partial charge on any atom is 0.341 e. The van der Waals surface area contributed by atoms with Gasteiger partial charge in [0.1, 0.15) is 10.8 Å². The largest absolute Gasteiger partial charge is 0.508 e. The van der Waals surface area contributed by atoms with Crippen LogP contribution in [0.25, 0.3) is 0 Å². The van der Waals surface area contributed by atoms with Crippen LogP contribution < -0.4 is 5.32 Å². The highest BCUT2D eigenvalue weighted by molar-refractivity contribution is 7.17. The lowest BCUT2D eigenvalue weighted by Gasteiger charge is -2.19. The van der Waals surface area contributed by atoms with Gasteiger partial charge in [0.25, 0.3) is 5.91 Å². The van der Waals surface area contributed by atoms with E-state index >= 15 is 0 Å². The van der Waals surface area contributed by atoms with Crippen LogP contribution in [0.3, 0.4) is 0 Å². The van der Waals surface area contributed by atoms with Gasteiger partial charge < -0.3 is 19.9 Å². The number of hydrogen-bond acceptors (Lipinski definition) is 7. The van der Waals surface area contributed by atoms with Gasteiger partial charge in [-0.1, -0.05) is 43.3 Å². The molecule has 7 nitrogen and oxygen atoms in total. The molecule has 1 aliphatic carbocycles. The molecule has 0 saturated heterocycles. The molecule has 2 atom stereocenters. The van der Waals surface area contributed by atoms with Crippen LogP contribution >= 0.6 is 11.3 Å². The Hall–Kier alpha value is -3.65. The summed E-state index contributed by atoms with van der Waals surface area (Å²) in [6, 6.07) is 14.4. The molecule has 1 aliphatic rings. The average Bonchev–Trinajstić information content (AvgIpc) is 3.19. The fourth-order valence-corrected chi connectivity index (χ4v) is 5.55. The van der Waals surface area contributed by atoms with Crippen molar-refractivity contribution in [3.63, 3.8) is 0 Å². The predicted octanol–water partition coefficient (Wildman–Crippen LogP) is 5.29. The quantitative estimate of drug-likeness (QED) is 0.434. The number of hydrogen-bond donors (Lipinski definition) is 2. The number of phenols is 1. The van der Waals surface area contributed by atoms with Crippen molar-refractivity contribution in [1.29, 1.82) is 0 Å². The number of rotatable bonds is 7. The molecule has 182 valence electrons. The van der Waals surface area contributed by atoms with Crippen molar-refractivity contribution in [1.82, 2.24) is 0 Å². The summed E-state index contributed by atoms with van der Waals surface area (Å²) >= 11 is 1.37. The number of aromatic hydroxyl groups is 1. The fourth-order valence-electron chi connectivity index (χ4n) is 4.14. The number of esters is 2. The van der Waals surface area contributed by atoms with Crippen LogP contribution in [0.15, 0.2) is 54.6 Å². The number of carbonyl (C=O) groups excluding carboxylic acids is 3. The molecule has 1 aromatic heterocycles. The highest BCUT2D eigenvalue weighted by Gasteiger charge is 2.32. The minimum Gasteiger partial charge on any atom is -0.508 e. The van der Waals surface area contributed by atoms with Crippen molar-refractivity contribution in [3.8, 4) is 5.75 Å². The van der Waals surface area contributed by atoms with Gasteiger partial charge in [-0.3, -0.25) is 4.79 Å². The SMILES string of the molecule is CCOC(=O)c1c(NC(=O)[C@H](OC(=O)c2cccc(O)c2)c2ccccc2)sc2c1CC[C@@H](C)C2. The van der Waals surface area contributed by atoms with Gasteiger partial charge in [-0.15, -0.1) is 11.3 Å². The summed E-state index contributed by atoms with van der Waals surface area (Å²) in [7, 11) is 0. The Morgan fingerprint density at radius 2 is 1.89 bits per heavy atom. The van der Waals surface area contributed by atoms with Crippen molar-refractivity contribution in [3.05, 3.63) is 81.7 Å². The zero-order valence-electron chi connectivity index (χ0n) is 19.6. The molecule has 2 aromatic carbocycles. The van der Waals surface area contributed by atoms with Crippen LogP contribution in [0.4, 0.5) is 5.00 Å². The molecule has 0 radical (unpaired) electrons. The number of nitrogens with one attached hydrogen (secondary N) is 1. The fraction of sp³-hybridized carbons (Fsp3) is 0.296. The van der Waals surface area contributed by atoms with Gasteiger partial charge in [-0.2, -0.15) is 0 Å². The van der Waals surface area contributed by atoms with E-state index in [1.807, 2.05) is 0 Å². The van der Waals surface area contributed by atoms with Crippen molar-refractivity contribution in [2.24, 2.45) is 5.92 Å². The Morgan fingerprint density at radius 1 is 1.11 bits per heavy atom. The zero-order chi connectivity index (χ0) is 24.9. The number of anilines is 1. The summed E-state index contributed by atoms with van der Waals surface area (Å²) in [4.78, 5) is 40.2. The Kier molecular flexibility index (Phi) is 7.51. The van der Waals surface area contributed by atoms with Gasteiger partial charge in [0, 0.05) is 10.4 Å². The molecule has 3 aromatic rings. The second-order valence-electron chi connectivity index (χ2n) is 8.51. The number of carbonyl (C=O) groups is 3. The zero-order valence-corrected chi connectivity index (χ0v) is 20.4. The van der Waals surface area contributed by atoms with Crippen molar-refractivity contribution in [2.45, 2.75) is 39.2 Å². The first-order valence-electron chi connectivity index (χ1n) is 11.5. The third kappa shape index (κ3) is 5.54. The van der Waals surface area contributed by atoms with E-state index in [9.17, 15) is 19.5 Å². The lowest BCUT2D eigenvalue weighted by atomic mass is 9.88. The third-order valence-corrected chi connectivity index (χ3v) is 7.04. The average molecular weight is 494 g/mol. The Bertz CT molecular complexity index is 1240. The minimum absolute atomic E-state index is 0.0855. The maximum absolute atomic E-state index is 13.5. The molecule has 2 N–H and O–H groups in total. The molecule has 0 bridgehead atoms. The number of phenolic OH excluding ortho intramolecular Hbond substituents is 1. The lowest BCUT2D eigenvalue weighted by Crippen LogP contribution is -2.26. The van der Waals surface area contributed by atoms with Crippen LogP contribution in [0, 0.1) is 5.92 Å². The van der Waals surface area contributed by atoms with Crippen LogP contribution in [0.2, 0.25) is 0 Å². The van der Waals surface area contributed by atoms with E-state index in [1.54, 1.807) is 37.3 Å². The number of amides is 1. The highest BCUT2D eigenvalue weighted by atomic mass is 32.1. The monoisotopic (exact) mass is 493 g/mol. The molecule has 0 unspecified atom stereocenters. The summed E-state index contributed by atoms with van der Waals surface area (Å²) in [5.74, 6) is -1.41. The van der Waals surface area contributed by atoms with Gasteiger partial charge >= 0.3 is 11.9 Å². The highest BCUT2D eigenvalue weighted by Crippen LogP contribution is 2.40. The molecule has 4 rings (SSSR count). The van der Waals surface area contributed by atoms with Crippen molar-refractivity contribution < 1.29 is 29.0 Å². The Labute approximate surface area is 207 Å². The van der Waals surface area contributed by atoms with Gasteiger partial charge in [-0.05, 0) is 55.9 Å². The molecule has 1 heterocycles. The maximum atomic E-state index is 13.5. The summed E-state index contributed by atoms with van der Waals surface area (Å²) < 4.78 is 10.9. The first-order chi connectivity index (χ1) is 16.9. The van der Waals surface area contributed by atoms with E-state index in [0.29, 0.717) is 22.0 Å². The molecule has 0 spiro atoms. The van der Waals surface area contributed by atoms with E-state index in [2.05, 4.69) is 12.2 Å². The van der Waals surface area contributed by atoms with Gasteiger partial charge in [0.15, 0.2) is 0 Å². The summed E-state index contributed by atoms with van der Waals surface area (Å²) in [6.45, 7) is 4.13. The number of benzene rings is 2. The number of ether oxygens (including phenoxy) is 2. The van der Waals surface area contributed by atoms with E-state index in [0.717, 1.165) is 29.7 Å². The minimum atomic E-state index is -1.26. The van der Waals surface area contributed by atoms with E-state index < -0.39 is 23.9 Å². The molecular weight excluding hydrogens is 466 g/mol. The van der Waals surface area contributed by atoms with Crippen LogP contribution in [-0.4, -0.2) is 29.6 Å². The predicted molar refractivity (Wildman–Crippen MR) is 133 cm³/mol. The Morgan fingerprint density at radius 3 is 2.60 bits per heavy atom. The topological polar surface area (TPSA) is 102 Å². The smallest absolute Gasteiger partial charge is 0.341 e. The molecule has 0 fully saturated rings. The summed E-state index contributed by atoms with van der Waals surface area (Å²) in [5, 5.41) is 13.0. The lowest BCUT2D eigenvalue weighted by molar-refractivity contribution is -0.125. The van der Waals surface area contributed by atoms with Gasteiger partial charge in [0.05, 0.1) is 17.7 Å². The van der Waals surface area contributed by atoms with E-state index in [4.69, 9.17) is 9.47 Å². The molecule has 35 heavy (non-hydrogen) atoms. The third-order valence-electron chi connectivity index (χ3n) is 5.88. The van der Waals surface area contributed by atoms with Crippen LogP contribution in [0.5, 0.6) is 5.75 Å². The number of thiophene rings is 1. The van der Waals surface area contributed by atoms with Crippen LogP contribution in [0.1, 0.15) is 63.1 Å². The molecule has 8 heteroatoms. The van der Waals surface area contributed by atoms with Gasteiger partial charge in [0.2, 0.25) is 6.10 Å². The molecule has 1 amide bonds. The molecule has 0 saturated carbocycles. The normalized spacial score (nSPS) is 15.5. The second-order valence-corrected chi connectivity index (χ2v) is 9.62. The Balaban J connectivity index is 1.65. The second kappa shape index (κ2) is 10.7. The number of fused-ring (bicyclic) bond motifs is 1. The van der Waals surface area contributed by atoms with Crippen molar-refractivity contribution in [2.75, 3.05) is 11.9 Å². The first kappa shape index (κ1) is 24.5. The summed E-state index contributed by atoms with van der Waals surface area (Å²) in [6.07, 6.45) is 1.26. The van der Waals surface area contributed by atoms with E-state index in [1.165, 1.54) is 35.6 Å². The van der Waals surface area contributed by atoms with Crippen molar-refractivity contribution >= 4 is 34.2 Å². The standard InChI is InChI=1S/C27H27NO6S/c1-3-33-27(32)22-20-13-12-16(2)14-21(20)35-25(22)28-24(30)23(17-8-5-4-6-9-17)34-26(31)18-10-7-11-19(29)15-18/h4-11,15-16,23,29H,3,12-14H2,1-2H3,(H,28,30)/t16-,23-/m1/s1. The van der Waals surface area contributed by atoms with Crippen LogP contribution in [-0.2, 0) is 27.1 Å². The molecular formula is C27H27NO6S. The van der Waals surface area contributed by atoms with Gasteiger partial charge in [-0.25, -0.2) is 9.59 Å². The molecule has 0 aliphatic heterocycles.